The van der Waals surface area contributed by atoms with E-state index in [1.165, 1.54) is 19.3 Å². The highest BCUT2D eigenvalue weighted by atomic mass is 32.2. The van der Waals surface area contributed by atoms with Gasteiger partial charge in [0.2, 0.25) is 0 Å². The van der Waals surface area contributed by atoms with Gasteiger partial charge in [-0.25, -0.2) is 4.98 Å². The fraction of sp³-hybridized carbons (Fsp3) is 0.292. The smallest absolute Gasteiger partial charge is 0.196 e. The van der Waals surface area contributed by atoms with Crippen molar-refractivity contribution in [3.05, 3.63) is 77.6 Å². The van der Waals surface area contributed by atoms with Gasteiger partial charge in [-0.15, -0.1) is 21.5 Å². The predicted octanol–water partition coefficient (Wildman–Crippen LogP) is 5.75. The molecular weight excluding hydrogens is 436 g/mol. The molecular formula is C24H26N6S2. The molecule has 164 valence electrons. The zero-order chi connectivity index (χ0) is 21.6. The summed E-state index contributed by atoms with van der Waals surface area (Å²) in [4.78, 5) is 7.23. The molecule has 8 heteroatoms. The van der Waals surface area contributed by atoms with Gasteiger partial charge in [-0.1, -0.05) is 54.6 Å². The highest BCUT2D eigenvalue weighted by Crippen LogP contribution is 2.28. The molecule has 1 aliphatic rings. The molecule has 0 atom stereocenters. The monoisotopic (exact) mass is 462 g/mol. The molecule has 0 radical (unpaired) electrons. The van der Waals surface area contributed by atoms with E-state index in [1.54, 1.807) is 23.1 Å². The van der Waals surface area contributed by atoms with Crippen LogP contribution in [0.1, 0.15) is 30.8 Å². The molecule has 0 aliphatic carbocycles. The normalized spacial score (nSPS) is 14.5. The van der Waals surface area contributed by atoms with Crippen LogP contribution in [-0.4, -0.2) is 37.7 Å². The van der Waals surface area contributed by atoms with Crippen molar-refractivity contribution in [1.29, 1.82) is 0 Å². The van der Waals surface area contributed by atoms with Gasteiger partial charge in [0.25, 0.3) is 0 Å². The van der Waals surface area contributed by atoms with Crippen molar-refractivity contribution in [3.63, 3.8) is 0 Å². The van der Waals surface area contributed by atoms with Gasteiger partial charge in [-0.3, -0.25) is 9.47 Å². The van der Waals surface area contributed by atoms with Gasteiger partial charge in [0, 0.05) is 22.5 Å². The van der Waals surface area contributed by atoms with E-state index in [0.717, 1.165) is 58.6 Å². The maximum atomic E-state index is 4.74. The van der Waals surface area contributed by atoms with Crippen molar-refractivity contribution in [2.45, 2.75) is 36.7 Å². The van der Waals surface area contributed by atoms with Crippen molar-refractivity contribution >= 4 is 33.9 Å². The molecule has 0 bridgehead atoms. The number of benzene rings is 2. The number of anilines is 2. The Morgan fingerprint density at radius 2 is 1.66 bits per heavy atom. The minimum atomic E-state index is 0.752. The molecule has 2 aromatic heterocycles. The maximum absolute atomic E-state index is 4.74. The van der Waals surface area contributed by atoms with Crippen LogP contribution in [0.5, 0.6) is 0 Å². The first kappa shape index (κ1) is 21.2. The number of aromatic nitrogens is 4. The lowest BCUT2D eigenvalue weighted by Crippen LogP contribution is -2.30. The Balaban J connectivity index is 1.31. The Labute approximate surface area is 196 Å². The summed E-state index contributed by atoms with van der Waals surface area (Å²) in [5, 5.41) is 16.4. The van der Waals surface area contributed by atoms with Crippen LogP contribution in [0.4, 0.5) is 10.8 Å². The number of thioether (sulfide) groups is 1. The lowest BCUT2D eigenvalue weighted by Gasteiger charge is -2.26. The Morgan fingerprint density at radius 1 is 0.906 bits per heavy atom. The molecule has 1 saturated heterocycles. The first-order chi connectivity index (χ1) is 15.8. The van der Waals surface area contributed by atoms with Crippen molar-refractivity contribution in [3.8, 4) is 5.69 Å². The lowest BCUT2D eigenvalue weighted by molar-refractivity contribution is 0.214. The Kier molecular flexibility index (Phi) is 6.81. The zero-order valence-electron chi connectivity index (χ0n) is 17.9. The second kappa shape index (κ2) is 10.3. The van der Waals surface area contributed by atoms with Gasteiger partial charge < -0.3 is 5.32 Å². The highest BCUT2D eigenvalue weighted by Gasteiger charge is 2.19. The van der Waals surface area contributed by atoms with Crippen LogP contribution in [0.3, 0.4) is 0 Å². The summed E-state index contributed by atoms with van der Waals surface area (Å²) in [5.74, 6) is 1.76. The zero-order valence-corrected chi connectivity index (χ0v) is 19.5. The number of likely N-dealkylation sites (tertiary alicyclic amines) is 1. The topological polar surface area (TPSA) is 58.9 Å². The first-order valence-corrected chi connectivity index (χ1v) is 12.8. The standard InChI is InChI=1S/C24H26N6S2/c1-4-10-19(11-5-1)25-23-26-20(17-31-23)18-32-24-28-27-22(16-29-14-8-3-9-15-29)30(24)21-12-6-2-7-13-21/h1-2,4-7,10-13,17H,3,8-9,14-16,18H2,(H,25,26). The Bertz CT molecular complexity index is 1120. The average molecular weight is 463 g/mol. The highest BCUT2D eigenvalue weighted by molar-refractivity contribution is 7.98. The number of hydrogen-bond donors (Lipinski definition) is 1. The fourth-order valence-electron chi connectivity index (χ4n) is 3.86. The molecule has 0 spiro atoms. The number of nitrogens with one attached hydrogen (secondary N) is 1. The largest absolute Gasteiger partial charge is 0.332 e. The number of piperidine rings is 1. The van der Waals surface area contributed by atoms with Crippen LogP contribution in [-0.2, 0) is 12.3 Å². The van der Waals surface area contributed by atoms with E-state index in [2.05, 4.69) is 54.6 Å². The van der Waals surface area contributed by atoms with E-state index in [1.807, 2.05) is 36.4 Å². The van der Waals surface area contributed by atoms with Crippen LogP contribution < -0.4 is 5.32 Å². The number of hydrogen-bond acceptors (Lipinski definition) is 7. The van der Waals surface area contributed by atoms with Gasteiger partial charge in [-0.05, 0) is 50.2 Å². The van der Waals surface area contributed by atoms with E-state index >= 15 is 0 Å². The molecule has 3 heterocycles. The number of thiazole rings is 1. The minimum Gasteiger partial charge on any atom is -0.332 e. The van der Waals surface area contributed by atoms with E-state index in [9.17, 15) is 0 Å². The molecule has 32 heavy (non-hydrogen) atoms. The molecule has 2 aromatic carbocycles. The molecule has 1 N–H and O–H groups in total. The molecule has 1 fully saturated rings. The third-order valence-corrected chi connectivity index (χ3v) is 7.22. The predicted molar refractivity (Wildman–Crippen MR) is 132 cm³/mol. The van der Waals surface area contributed by atoms with Crippen LogP contribution in [0, 0.1) is 0 Å². The van der Waals surface area contributed by atoms with Gasteiger partial charge in [0.1, 0.15) is 0 Å². The van der Waals surface area contributed by atoms with E-state index in [0.29, 0.717) is 0 Å². The maximum Gasteiger partial charge on any atom is 0.196 e. The van der Waals surface area contributed by atoms with Crippen LogP contribution in [0.2, 0.25) is 0 Å². The molecule has 0 unspecified atom stereocenters. The molecule has 5 rings (SSSR count). The van der Waals surface area contributed by atoms with E-state index in [4.69, 9.17) is 4.98 Å². The second-order valence-electron chi connectivity index (χ2n) is 7.83. The summed E-state index contributed by atoms with van der Waals surface area (Å²) >= 11 is 3.31. The summed E-state index contributed by atoms with van der Waals surface area (Å²) in [7, 11) is 0. The molecule has 6 nitrogen and oxygen atoms in total. The number of para-hydroxylation sites is 2. The summed E-state index contributed by atoms with van der Waals surface area (Å²) < 4.78 is 2.20. The van der Waals surface area contributed by atoms with Crippen molar-refractivity contribution in [2.75, 3.05) is 18.4 Å². The SMILES string of the molecule is c1ccc(Nc2nc(CSc3nnc(CN4CCCCC4)n3-c3ccccc3)cs2)cc1. The van der Waals surface area contributed by atoms with Crippen LogP contribution >= 0.6 is 23.1 Å². The first-order valence-electron chi connectivity index (χ1n) is 11.0. The summed E-state index contributed by atoms with van der Waals surface area (Å²) in [6, 6.07) is 20.6. The molecule has 0 amide bonds. The summed E-state index contributed by atoms with van der Waals surface area (Å²) in [6.07, 6.45) is 3.87. The quantitative estimate of drug-likeness (QED) is 0.337. The average Bonchev–Trinajstić information content (AvgIpc) is 3.46. The Morgan fingerprint density at radius 3 is 2.44 bits per heavy atom. The van der Waals surface area contributed by atoms with Crippen molar-refractivity contribution < 1.29 is 0 Å². The van der Waals surface area contributed by atoms with Gasteiger partial charge in [0.15, 0.2) is 16.1 Å². The fourth-order valence-corrected chi connectivity index (χ4v) is 5.56. The van der Waals surface area contributed by atoms with Crippen molar-refractivity contribution in [2.24, 2.45) is 0 Å². The van der Waals surface area contributed by atoms with Crippen LogP contribution in [0.15, 0.2) is 71.2 Å². The molecule has 0 saturated carbocycles. The van der Waals surface area contributed by atoms with E-state index in [-0.39, 0.29) is 0 Å². The summed E-state index contributed by atoms with van der Waals surface area (Å²) in [6.45, 7) is 3.12. The van der Waals surface area contributed by atoms with E-state index < -0.39 is 0 Å². The third kappa shape index (κ3) is 5.20. The number of nitrogens with zero attached hydrogens (tertiary/aromatic N) is 5. The third-order valence-electron chi connectivity index (χ3n) is 5.45. The molecule has 4 aromatic rings. The van der Waals surface area contributed by atoms with Gasteiger partial charge in [0.05, 0.1) is 12.2 Å². The minimum absolute atomic E-state index is 0.752. The van der Waals surface area contributed by atoms with Gasteiger partial charge in [-0.2, -0.15) is 0 Å². The lowest BCUT2D eigenvalue weighted by atomic mass is 10.1. The van der Waals surface area contributed by atoms with Crippen LogP contribution in [0.25, 0.3) is 5.69 Å². The van der Waals surface area contributed by atoms with Gasteiger partial charge >= 0.3 is 0 Å². The Hall–Kier alpha value is -2.68. The molecule has 1 aliphatic heterocycles. The summed E-state index contributed by atoms with van der Waals surface area (Å²) in [5.41, 5.74) is 3.20. The number of rotatable bonds is 8. The second-order valence-corrected chi connectivity index (χ2v) is 9.63. The van der Waals surface area contributed by atoms with Crippen molar-refractivity contribution in [1.82, 2.24) is 24.6 Å².